The van der Waals surface area contributed by atoms with Gasteiger partial charge in [0.2, 0.25) is 5.95 Å². The number of benzene rings is 2. The summed E-state index contributed by atoms with van der Waals surface area (Å²) in [7, 11) is 3.69. The Kier molecular flexibility index (Phi) is 6.25. The Hall–Kier alpha value is -3.72. The molecule has 35 heavy (non-hydrogen) atoms. The molecule has 182 valence electrons. The molecule has 9 heteroatoms. The lowest BCUT2D eigenvalue weighted by Gasteiger charge is -2.29. The molecule has 4 aromatic rings. The Balaban J connectivity index is 1.40. The highest BCUT2D eigenvalue weighted by molar-refractivity contribution is 6.02. The second-order valence-corrected chi connectivity index (χ2v) is 9.40. The molecule has 1 amide bonds. The van der Waals surface area contributed by atoms with E-state index in [1.807, 2.05) is 24.5 Å². The summed E-state index contributed by atoms with van der Waals surface area (Å²) in [5.74, 6) is 0.911. The summed E-state index contributed by atoms with van der Waals surface area (Å²) in [5.41, 5.74) is 3.96. The van der Waals surface area contributed by atoms with Crippen molar-refractivity contribution in [2.24, 2.45) is 0 Å². The number of piperidine rings is 1. The quantitative estimate of drug-likeness (QED) is 0.434. The van der Waals surface area contributed by atoms with Gasteiger partial charge in [0.1, 0.15) is 11.3 Å². The lowest BCUT2D eigenvalue weighted by molar-refractivity contribution is 0.0916. The molecule has 0 aliphatic carbocycles. The van der Waals surface area contributed by atoms with Gasteiger partial charge in [-0.3, -0.25) is 4.79 Å². The normalized spacial score (nSPS) is 15.1. The van der Waals surface area contributed by atoms with Gasteiger partial charge in [0.25, 0.3) is 5.91 Å². The van der Waals surface area contributed by atoms with Gasteiger partial charge in [-0.15, -0.1) is 0 Å². The maximum Gasteiger partial charge on any atom is 0.251 e. The zero-order valence-corrected chi connectivity index (χ0v) is 20.6. The third-order valence-electron chi connectivity index (χ3n) is 6.60. The molecule has 9 nitrogen and oxygen atoms in total. The van der Waals surface area contributed by atoms with Crippen molar-refractivity contribution in [2.75, 3.05) is 32.6 Å². The molecule has 1 fully saturated rings. The largest absolute Gasteiger partial charge is 0.495 e. The standard InChI is InChI=1S/C26H31N7O2/c1-16(2)33-15-28-21-8-6-18-14-27-26(31-23(18)24(21)33)30-20-7-5-17(13-22(20)35-4)25(34)29-19-9-11-32(3)12-10-19/h5-8,13-16,19H,9-12H2,1-4H3,(H,29,34)(H,27,30,31). The molecule has 0 atom stereocenters. The molecule has 3 heterocycles. The molecule has 1 aliphatic heterocycles. The van der Waals surface area contributed by atoms with Crippen molar-refractivity contribution >= 4 is 39.5 Å². The Morgan fingerprint density at radius 1 is 1.14 bits per heavy atom. The van der Waals surface area contributed by atoms with Crippen molar-refractivity contribution in [3.8, 4) is 5.75 Å². The van der Waals surface area contributed by atoms with Crippen LogP contribution in [-0.2, 0) is 0 Å². The average molecular weight is 474 g/mol. The summed E-state index contributed by atoms with van der Waals surface area (Å²) in [4.78, 5) is 28.9. The monoisotopic (exact) mass is 473 g/mol. The van der Waals surface area contributed by atoms with E-state index in [9.17, 15) is 4.79 Å². The number of aromatic nitrogens is 4. The minimum atomic E-state index is -0.0873. The van der Waals surface area contributed by atoms with E-state index < -0.39 is 0 Å². The third-order valence-corrected chi connectivity index (χ3v) is 6.60. The number of hydrogen-bond donors (Lipinski definition) is 2. The summed E-state index contributed by atoms with van der Waals surface area (Å²) in [6, 6.07) is 9.80. The van der Waals surface area contributed by atoms with Crippen LogP contribution in [0.5, 0.6) is 5.75 Å². The van der Waals surface area contributed by atoms with Gasteiger partial charge in [-0.1, -0.05) is 0 Å². The zero-order valence-electron chi connectivity index (χ0n) is 20.6. The Bertz CT molecular complexity index is 1370. The summed E-state index contributed by atoms with van der Waals surface area (Å²) >= 11 is 0. The van der Waals surface area contributed by atoms with Crippen LogP contribution < -0.4 is 15.4 Å². The number of anilines is 2. The molecule has 2 aromatic heterocycles. The summed E-state index contributed by atoms with van der Waals surface area (Å²) in [6.07, 6.45) is 5.57. The fourth-order valence-electron chi connectivity index (χ4n) is 4.54. The number of hydrogen-bond acceptors (Lipinski definition) is 7. The number of carbonyl (C=O) groups is 1. The van der Waals surface area contributed by atoms with Crippen molar-refractivity contribution in [3.05, 3.63) is 48.4 Å². The molecular formula is C26H31N7O2. The van der Waals surface area contributed by atoms with Crippen LogP contribution in [0.4, 0.5) is 11.6 Å². The molecule has 0 radical (unpaired) electrons. The molecule has 5 rings (SSSR count). The Labute approximate surface area is 204 Å². The van der Waals surface area contributed by atoms with E-state index in [0.29, 0.717) is 22.9 Å². The first-order chi connectivity index (χ1) is 16.9. The predicted octanol–water partition coefficient (Wildman–Crippen LogP) is 4.14. The van der Waals surface area contributed by atoms with Gasteiger partial charge < -0.3 is 24.8 Å². The van der Waals surface area contributed by atoms with Crippen LogP contribution in [0.1, 0.15) is 43.1 Å². The first-order valence-corrected chi connectivity index (χ1v) is 12.0. The topological polar surface area (TPSA) is 97.2 Å². The second-order valence-electron chi connectivity index (χ2n) is 9.40. The third kappa shape index (κ3) is 4.64. The summed E-state index contributed by atoms with van der Waals surface area (Å²) < 4.78 is 7.71. The molecule has 1 saturated heterocycles. The van der Waals surface area contributed by atoms with E-state index in [4.69, 9.17) is 9.72 Å². The van der Waals surface area contributed by atoms with Crippen molar-refractivity contribution in [3.63, 3.8) is 0 Å². The smallest absolute Gasteiger partial charge is 0.251 e. The van der Waals surface area contributed by atoms with Crippen LogP contribution in [0.15, 0.2) is 42.9 Å². The highest BCUT2D eigenvalue weighted by Gasteiger charge is 2.20. The number of likely N-dealkylation sites (tertiary alicyclic amines) is 1. The van der Waals surface area contributed by atoms with E-state index in [0.717, 1.165) is 47.9 Å². The number of amides is 1. The predicted molar refractivity (Wildman–Crippen MR) is 137 cm³/mol. The fraction of sp³-hybridized carbons (Fsp3) is 0.385. The van der Waals surface area contributed by atoms with Crippen molar-refractivity contribution in [1.29, 1.82) is 0 Å². The van der Waals surface area contributed by atoms with Gasteiger partial charge in [0.05, 0.1) is 30.2 Å². The first-order valence-electron chi connectivity index (χ1n) is 12.0. The molecule has 0 unspecified atom stereocenters. The number of nitrogens with zero attached hydrogens (tertiary/aromatic N) is 5. The van der Waals surface area contributed by atoms with Crippen LogP contribution in [0.3, 0.4) is 0 Å². The second kappa shape index (κ2) is 9.50. The number of rotatable bonds is 6. The van der Waals surface area contributed by atoms with Gasteiger partial charge >= 0.3 is 0 Å². The molecule has 0 bridgehead atoms. The average Bonchev–Trinajstić information content (AvgIpc) is 3.31. The van der Waals surface area contributed by atoms with Crippen LogP contribution >= 0.6 is 0 Å². The van der Waals surface area contributed by atoms with Crippen molar-refractivity contribution in [2.45, 2.75) is 38.8 Å². The van der Waals surface area contributed by atoms with Crippen LogP contribution in [-0.4, -0.2) is 63.6 Å². The van der Waals surface area contributed by atoms with E-state index in [2.05, 4.69) is 51.0 Å². The number of carbonyl (C=O) groups excluding carboxylic acids is 1. The molecule has 0 spiro atoms. The van der Waals surface area contributed by atoms with Crippen molar-refractivity contribution in [1.82, 2.24) is 29.7 Å². The lowest BCUT2D eigenvalue weighted by Crippen LogP contribution is -2.43. The van der Waals surface area contributed by atoms with E-state index in [1.165, 1.54) is 0 Å². The molecule has 2 aromatic carbocycles. The maximum atomic E-state index is 12.8. The Morgan fingerprint density at radius 3 is 2.69 bits per heavy atom. The van der Waals surface area contributed by atoms with Crippen LogP contribution in [0.2, 0.25) is 0 Å². The van der Waals surface area contributed by atoms with Crippen molar-refractivity contribution < 1.29 is 9.53 Å². The number of imidazole rings is 1. The number of fused-ring (bicyclic) bond motifs is 3. The molecule has 0 saturated carbocycles. The summed E-state index contributed by atoms with van der Waals surface area (Å²) in [5, 5.41) is 7.35. The van der Waals surface area contributed by atoms with Gasteiger partial charge in [-0.05, 0) is 77.2 Å². The van der Waals surface area contributed by atoms with Gasteiger partial charge in [-0.2, -0.15) is 0 Å². The SMILES string of the molecule is COc1cc(C(=O)NC2CCN(C)CC2)ccc1Nc1ncc2ccc3ncn(C(C)C)c3c2n1. The van der Waals surface area contributed by atoms with Gasteiger partial charge in [0.15, 0.2) is 0 Å². The van der Waals surface area contributed by atoms with Crippen LogP contribution in [0, 0.1) is 0 Å². The molecule has 2 N–H and O–H groups in total. The summed E-state index contributed by atoms with van der Waals surface area (Å²) in [6.45, 7) is 6.23. The number of methoxy groups -OCH3 is 1. The number of ether oxygens (including phenoxy) is 1. The van der Waals surface area contributed by atoms with Gasteiger partial charge in [-0.25, -0.2) is 15.0 Å². The first kappa shape index (κ1) is 23.0. The van der Waals surface area contributed by atoms with E-state index in [-0.39, 0.29) is 18.0 Å². The Morgan fingerprint density at radius 2 is 1.94 bits per heavy atom. The highest BCUT2D eigenvalue weighted by atomic mass is 16.5. The lowest BCUT2D eigenvalue weighted by atomic mass is 10.0. The highest BCUT2D eigenvalue weighted by Crippen LogP contribution is 2.30. The van der Waals surface area contributed by atoms with Crippen LogP contribution in [0.25, 0.3) is 21.9 Å². The van der Waals surface area contributed by atoms with Gasteiger partial charge in [0, 0.05) is 29.2 Å². The molecule has 1 aliphatic rings. The molecular weight excluding hydrogens is 442 g/mol. The maximum absolute atomic E-state index is 12.8. The minimum absolute atomic E-state index is 0.0873. The number of nitrogens with one attached hydrogen (secondary N) is 2. The fourth-order valence-corrected chi connectivity index (χ4v) is 4.54. The zero-order chi connectivity index (χ0) is 24.5. The van der Waals surface area contributed by atoms with E-state index >= 15 is 0 Å². The van der Waals surface area contributed by atoms with E-state index in [1.54, 1.807) is 25.4 Å². The minimum Gasteiger partial charge on any atom is -0.495 e.